The Balaban J connectivity index is 1.92. The van der Waals surface area contributed by atoms with Crippen LogP contribution in [0.1, 0.15) is 12.0 Å². The maximum atomic E-state index is 13.1. The standard InChI is InChI=1S/C18H21FN2O3/c1-23-17(11-20)10-18(22)21-15-6-3-7-16(9-15)24-12-13-4-2-5-14(19)8-13/h2-9,17H,10-12,20H2,1H3,(H,21,22). The molecule has 0 spiro atoms. The molecule has 0 saturated carbocycles. The van der Waals surface area contributed by atoms with E-state index < -0.39 is 0 Å². The summed E-state index contributed by atoms with van der Waals surface area (Å²) in [5.41, 5.74) is 6.85. The van der Waals surface area contributed by atoms with E-state index in [0.717, 1.165) is 5.56 Å². The predicted molar refractivity (Wildman–Crippen MR) is 90.3 cm³/mol. The number of anilines is 1. The number of ether oxygens (including phenoxy) is 2. The predicted octanol–water partition coefficient (Wildman–Crippen LogP) is 2.71. The van der Waals surface area contributed by atoms with Crippen LogP contribution in [0, 0.1) is 5.82 Å². The van der Waals surface area contributed by atoms with E-state index in [9.17, 15) is 9.18 Å². The zero-order valence-electron chi connectivity index (χ0n) is 13.5. The SMILES string of the molecule is COC(CN)CC(=O)Nc1cccc(OCc2cccc(F)c2)c1. The molecule has 0 aliphatic heterocycles. The molecule has 0 aromatic heterocycles. The highest BCUT2D eigenvalue weighted by Gasteiger charge is 2.11. The van der Waals surface area contributed by atoms with Gasteiger partial charge in [0.05, 0.1) is 12.5 Å². The number of carbonyl (C=O) groups is 1. The lowest BCUT2D eigenvalue weighted by atomic mass is 10.2. The van der Waals surface area contributed by atoms with E-state index in [1.807, 2.05) is 0 Å². The van der Waals surface area contributed by atoms with Crippen LogP contribution >= 0.6 is 0 Å². The number of benzene rings is 2. The van der Waals surface area contributed by atoms with Crippen LogP contribution in [-0.4, -0.2) is 25.7 Å². The van der Waals surface area contributed by atoms with Crippen molar-refractivity contribution in [1.82, 2.24) is 0 Å². The molecular weight excluding hydrogens is 311 g/mol. The number of nitrogens with two attached hydrogens (primary N) is 1. The summed E-state index contributed by atoms with van der Waals surface area (Å²) < 4.78 is 23.9. The molecule has 0 fully saturated rings. The normalized spacial score (nSPS) is 11.8. The van der Waals surface area contributed by atoms with E-state index in [-0.39, 0.29) is 37.4 Å². The molecule has 0 bridgehead atoms. The van der Waals surface area contributed by atoms with Gasteiger partial charge in [-0.1, -0.05) is 18.2 Å². The molecule has 0 radical (unpaired) electrons. The Morgan fingerprint density at radius 2 is 2.04 bits per heavy atom. The van der Waals surface area contributed by atoms with Gasteiger partial charge in [-0.15, -0.1) is 0 Å². The third kappa shape index (κ3) is 5.64. The highest BCUT2D eigenvalue weighted by Crippen LogP contribution is 2.19. The third-order valence-electron chi connectivity index (χ3n) is 3.42. The summed E-state index contributed by atoms with van der Waals surface area (Å²) in [7, 11) is 1.52. The molecule has 1 atom stereocenters. The van der Waals surface area contributed by atoms with Crippen LogP contribution in [0.25, 0.3) is 0 Å². The topological polar surface area (TPSA) is 73.6 Å². The van der Waals surface area contributed by atoms with Gasteiger partial charge in [-0.2, -0.15) is 0 Å². The van der Waals surface area contributed by atoms with Gasteiger partial charge in [0.15, 0.2) is 0 Å². The van der Waals surface area contributed by atoms with Crippen molar-refractivity contribution in [2.75, 3.05) is 19.0 Å². The van der Waals surface area contributed by atoms with Gasteiger partial charge in [-0.3, -0.25) is 4.79 Å². The number of rotatable bonds is 8. The molecule has 2 rings (SSSR count). The molecule has 1 amide bonds. The molecule has 0 aliphatic rings. The molecule has 2 aromatic rings. The van der Waals surface area contributed by atoms with E-state index in [2.05, 4.69) is 5.32 Å². The minimum Gasteiger partial charge on any atom is -0.489 e. The van der Waals surface area contributed by atoms with Crippen molar-refractivity contribution in [3.8, 4) is 5.75 Å². The lowest BCUT2D eigenvalue weighted by Gasteiger charge is -2.13. The summed E-state index contributed by atoms with van der Waals surface area (Å²) in [6, 6.07) is 13.2. The van der Waals surface area contributed by atoms with Gasteiger partial charge >= 0.3 is 0 Å². The van der Waals surface area contributed by atoms with Crippen LogP contribution in [0.4, 0.5) is 10.1 Å². The highest BCUT2D eigenvalue weighted by atomic mass is 19.1. The summed E-state index contributed by atoms with van der Waals surface area (Å²) in [5, 5.41) is 2.77. The van der Waals surface area contributed by atoms with Gasteiger partial charge in [0.1, 0.15) is 18.2 Å². The van der Waals surface area contributed by atoms with Crippen molar-refractivity contribution in [2.45, 2.75) is 19.1 Å². The van der Waals surface area contributed by atoms with Gasteiger partial charge in [-0.05, 0) is 29.8 Å². The average Bonchev–Trinajstić information content (AvgIpc) is 2.58. The molecule has 128 valence electrons. The van der Waals surface area contributed by atoms with Gasteiger partial charge in [0.2, 0.25) is 5.91 Å². The Labute approximate surface area is 140 Å². The van der Waals surface area contributed by atoms with Crippen molar-refractivity contribution >= 4 is 11.6 Å². The Morgan fingerprint density at radius 1 is 1.25 bits per heavy atom. The highest BCUT2D eigenvalue weighted by molar-refractivity contribution is 5.91. The van der Waals surface area contributed by atoms with Crippen molar-refractivity contribution in [2.24, 2.45) is 5.73 Å². The first-order valence-corrected chi connectivity index (χ1v) is 7.60. The van der Waals surface area contributed by atoms with Crippen LogP contribution in [-0.2, 0) is 16.1 Å². The van der Waals surface area contributed by atoms with Crippen LogP contribution in [0.2, 0.25) is 0 Å². The quantitative estimate of drug-likeness (QED) is 0.779. The van der Waals surface area contributed by atoms with Crippen LogP contribution in [0.3, 0.4) is 0 Å². The van der Waals surface area contributed by atoms with Crippen LogP contribution in [0.15, 0.2) is 48.5 Å². The monoisotopic (exact) mass is 332 g/mol. The molecule has 0 heterocycles. The molecule has 2 aromatic carbocycles. The molecule has 24 heavy (non-hydrogen) atoms. The van der Waals surface area contributed by atoms with E-state index in [1.54, 1.807) is 36.4 Å². The molecule has 0 saturated heterocycles. The van der Waals surface area contributed by atoms with Gasteiger partial charge in [-0.25, -0.2) is 4.39 Å². The minimum absolute atomic E-state index is 0.182. The van der Waals surface area contributed by atoms with Gasteiger partial charge in [0, 0.05) is 25.4 Å². The second kappa shape index (κ2) is 9.00. The Morgan fingerprint density at radius 3 is 2.75 bits per heavy atom. The maximum absolute atomic E-state index is 13.1. The fraction of sp³-hybridized carbons (Fsp3) is 0.278. The molecular formula is C18H21FN2O3. The molecule has 1 unspecified atom stereocenters. The minimum atomic E-state index is -0.308. The first kappa shape index (κ1) is 17.9. The number of hydrogen-bond acceptors (Lipinski definition) is 4. The largest absolute Gasteiger partial charge is 0.489 e. The Kier molecular flexibility index (Phi) is 6.72. The van der Waals surface area contributed by atoms with E-state index in [1.165, 1.54) is 19.2 Å². The molecule has 5 nitrogen and oxygen atoms in total. The second-order valence-electron chi connectivity index (χ2n) is 5.29. The number of hydrogen-bond donors (Lipinski definition) is 2. The summed E-state index contributed by atoms with van der Waals surface area (Å²) in [6.45, 7) is 0.523. The molecule has 3 N–H and O–H groups in total. The number of carbonyl (C=O) groups excluding carboxylic acids is 1. The number of methoxy groups -OCH3 is 1. The van der Waals surface area contributed by atoms with Crippen LogP contribution < -0.4 is 15.8 Å². The number of nitrogens with one attached hydrogen (secondary N) is 1. The van der Waals surface area contributed by atoms with Crippen molar-refractivity contribution in [1.29, 1.82) is 0 Å². The average molecular weight is 332 g/mol. The summed E-state index contributed by atoms with van der Waals surface area (Å²) in [6.07, 6.45) is -0.126. The smallest absolute Gasteiger partial charge is 0.227 e. The second-order valence-corrected chi connectivity index (χ2v) is 5.29. The zero-order chi connectivity index (χ0) is 17.4. The first-order valence-electron chi connectivity index (χ1n) is 7.60. The molecule has 0 aliphatic carbocycles. The first-order chi connectivity index (χ1) is 11.6. The Hall–Kier alpha value is -2.44. The fourth-order valence-electron chi connectivity index (χ4n) is 2.14. The summed E-state index contributed by atoms with van der Waals surface area (Å²) in [5.74, 6) is 0.0958. The van der Waals surface area contributed by atoms with E-state index in [0.29, 0.717) is 11.4 Å². The molecule has 6 heteroatoms. The zero-order valence-corrected chi connectivity index (χ0v) is 13.5. The Bertz CT molecular complexity index is 675. The number of halogens is 1. The van der Waals surface area contributed by atoms with E-state index >= 15 is 0 Å². The lowest BCUT2D eigenvalue weighted by Crippen LogP contribution is -2.28. The number of amides is 1. The van der Waals surface area contributed by atoms with Crippen molar-refractivity contribution in [3.05, 3.63) is 59.9 Å². The third-order valence-corrected chi connectivity index (χ3v) is 3.42. The van der Waals surface area contributed by atoms with E-state index in [4.69, 9.17) is 15.2 Å². The van der Waals surface area contributed by atoms with Crippen molar-refractivity contribution < 1.29 is 18.7 Å². The van der Waals surface area contributed by atoms with Crippen molar-refractivity contribution in [3.63, 3.8) is 0 Å². The maximum Gasteiger partial charge on any atom is 0.227 e. The lowest BCUT2D eigenvalue weighted by molar-refractivity contribution is -0.118. The van der Waals surface area contributed by atoms with Crippen LogP contribution in [0.5, 0.6) is 5.75 Å². The van der Waals surface area contributed by atoms with Gasteiger partial charge in [0.25, 0.3) is 0 Å². The van der Waals surface area contributed by atoms with Gasteiger partial charge < -0.3 is 20.5 Å². The summed E-state index contributed by atoms with van der Waals surface area (Å²) in [4.78, 5) is 11.9. The summed E-state index contributed by atoms with van der Waals surface area (Å²) >= 11 is 0. The fourth-order valence-corrected chi connectivity index (χ4v) is 2.14.